The van der Waals surface area contributed by atoms with E-state index >= 15 is 4.39 Å². The van der Waals surface area contributed by atoms with E-state index in [0.29, 0.717) is 11.2 Å². The molecular formula is C20H25FN5O5PSe. The Morgan fingerprint density at radius 3 is 2.61 bits per heavy atom. The second-order valence-electron chi connectivity index (χ2n) is 7.06. The molecule has 1 saturated heterocycles. The van der Waals surface area contributed by atoms with Crippen molar-refractivity contribution in [1.82, 2.24) is 19.5 Å². The van der Waals surface area contributed by atoms with Crippen LogP contribution in [0.1, 0.15) is 20.1 Å². The zero-order valence-corrected chi connectivity index (χ0v) is 20.7. The van der Waals surface area contributed by atoms with Crippen molar-refractivity contribution < 1.29 is 27.5 Å². The number of fused-ring (bicyclic) bond motifs is 1. The molecule has 178 valence electrons. The van der Waals surface area contributed by atoms with Gasteiger partial charge in [-0.25, -0.2) is 0 Å². The van der Waals surface area contributed by atoms with Crippen molar-refractivity contribution in [2.45, 2.75) is 37.4 Å². The molecule has 1 aliphatic rings. The Morgan fingerprint density at radius 2 is 1.91 bits per heavy atom. The molecule has 0 saturated carbocycles. The zero-order chi connectivity index (χ0) is 23.4. The summed E-state index contributed by atoms with van der Waals surface area (Å²) < 4.78 is 53.6. The third kappa shape index (κ3) is 5.27. The first-order valence-corrected chi connectivity index (χ1v) is 14.0. The molecule has 4 rings (SSSR count). The van der Waals surface area contributed by atoms with Gasteiger partial charge >= 0.3 is 197 Å². The molecule has 2 N–H and O–H groups in total. The predicted octanol–water partition coefficient (Wildman–Crippen LogP) is 2.66. The van der Waals surface area contributed by atoms with E-state index in [1.54, 1.807) is 13.8 Å². The van der Waals surface area contributed by atoms with Gasteiger partial charge in [0, 0.05) is 0 Å². The van der Waals surface area contributed by atoms with Crippen molar-refractivity contribution >= 4 is 44.0 Å². The summed E-state index contributed by atoms with van der Waals surface area (Å²) in [7, 11) is -3.50. The molecule has 0 aliphatic carbocycles. The van der Waals surface area contributed by atoms with Gasteiger partial charge < -0.3 is 0 Å². The van der Waals surface area contributed by atoms with Crippen LogP contribution < -0.4 is 10.2 Å². The van der Waals surface area contributed by atoms with E-state index < -0.39 is 31.1 Å². The van der Waals surface area contributed by atoms with Crippen LogP contribution in [0.4, 0.5) is 10.2 Å². The van der Waals surface area contributed by atoms with Gasteiger partial charge in [-0.15, -0.1) is 0 Å². The minimum absolute atomic E-state index is 0.194. The number of ether oxygens (including phenoxy) is 2. The predicted molar refractivity (Wildman–Crippen MR) is 121 cm³/mol. The van der Waals surface area contributed by atoms with Gasteiger partial charge in [0.25, 0.3) is 0 Å². The molecule has 3 aromatic rings. The number of nitrogen functional groups attached to an aromatic ring is 1. The number of anilines is 1. The van der Waals surface area contributed by atoms with Gasteiger partial charge in [0.2, 0.25) is 0 Å². The summed E-state index contributed by atoms with van der Waals surface area (Å²) in [6, 6.07) is 9.56. The summed E-state index contributed by atoms with van der Waals surface area (Å²) in [5, 5.41) is 0. The summed E-state index contributed by atoms with van der Waals surface area (Å²) in [4.78, 5) is 11.7. The number of aromatic nitrogens is 4. The van der Waals surface area contributed by atoms with Crippen molar-refractivity contribution in [3.63, 3.8) is 0 Å². The summed E-state index contributed by atoms with van der Waals surface area (Å²) in [5.41, 5.74) is 6.59. The molecule has 1 aromatic carbocycles. The number of nitrogens with two attached hydrogens (primary N) is 1. The molecule has 0 bridgehead atoms. The molecule has 3 heterocycles. The van der Waals surface area contributed by atoms with Crippen LogP contribution in [-0.4, -0.2) is 66.5 Å². The van der Waals surface area contributed by atoms with E-state index in [2.05, 4.69) is 15.0 Å². The van der Waals surface area contributed by atoms with Gasteiger partial charge in [-0.2, -0.15) is 0 Å². The van der Waals surface area contributed by atoms with Crippen LogP contribution >= 0.6 is 7.60 Å². The Labute approximate surface area is 196 Å². The van der Waals surface area contributed by atoms with Crippen LogP contribution in [0.15, 0.2) is 43.0 Å². The maximum absolute atomic E-state index is 15.9. The summed E-state index contributed by atoms with van der Waals surface area (Å²) in [6.45, 7) is 3.81. The number of alkyl halides is 1. The molecule has 1 fully saturated rings. The fourth-order valence-electron chi connectivity index (χ4n) is 3.46. The standard InChI is InChI=1S/C20H25FN5O5PSe/c1-3-29-32(27,30-4-2)12-28-20-16(33-13-8-6-5-7-9-13)14(21)19(31-20)26-11-25-15-17(22)23-10-24-18(15)26/h5-11,14,16,19-20H,3-4,12H2,1-2H3,(H2,22,23,24)/t14-,16-,19+,20-/m0/s1. The molecule has 4 atom stereocenters. The van der Waals surface area contributed by atoms with Crippen LogP contribution in [0, 0.1) is 0 Å². The van der Waals surface area contributed by atoms with Gasteiger partial charge in [-0.3, -0.25) is 0 Å². The molecular weight excluding hydrogens is 519 g/mol. The van der Waals surface area contributed by atoms with Crippen LogP contribution in [0.3, 0.4) is 0 Å². The van der Waals surface area contributed by atoms with E-state index in [1.807, 2.05) is 30.3 Å². The van der Waals surface area contributed by atoms with Crippen molar-refractivity contribution in [2.24, 2.45) is 0 Å². The Bertz CT molecular complexity index is 1110. The first-order valence-electron chi connectivity index (χ1n) is 10.4. The summed E-state index contributed by atoms with van der Waals surface area (Å²) in [6.07, 6.45) is -1.10. The van der Waals surface area contributed by atoms with E-state index in [9.17, 15) is 4.57 Å². The molecule has 13 heteroatoms. The van der Waals surface area contributed by atoms with Crippen molar-refractivity contribution in [3.8, 4) is 0 Å². The average Bonchev–Trinajstić information content (AvgIpc) is 3.36. The van der Waals surface area contributed by atoms with Crippen molar-refractivity contribution in [1.29, 1.82) is 0 Å². The van der Waals surface area contributed by atoms with E-state index in [4.69, 9.17) is 24.3 Å². The first-order chi connectivity index (χ1) is 16.0. The normalized spacial score (nSPS) is 23.4. The van der Waals surface area contributed by atoms with Crippen LogP contribution in [-0.2, 0) is 23.1 Å². The number of hydrogen-bond acceptors (Lipinski definition) is 9. The molecule has 1 aliphatic heterocycles. The Hall–Kier alpha value is -1.91. The van der Waals surface area contributed by atoms with E-state index in [1.165, 1.54) is 17.2 Å². The van der Waals surface area contributed by atoms with Crippen molar-refractivity contribution in [3.05, 3.63) is 43.0 Å². The quantitative estimate of drug-likeness (QED) is 0.303. The fourth-order valence-corrected chi connectivity index (χ4v) is 7.20. The van der Waals surface area contributed by atoms with Crippen LogP contribution in [0.2, 0.25) is 4.82 Å². The number of halogens is 1. The Balaban J connectivity index is 1.61. The topological polar surface area (TPSA) is 124 Å². The number of benzene rings is 1. The summed E-state index contributed by atoms with van der Waals surface area (Å²) >= 11 is -0.342. The number of rotatable bonds is 10. The van der Waals surface area contributed by atoms with Crippen LogP contribution in [0.25, 0.3) is 11.2 Å². The summed E-state index contributed by atoms with van der Waals surface area (Å²) in [5.74, 6) is 0.194. The Kier molecular flexibility index (Phi) is 7.76. The third-order valence-corrected chi connectivity index (χ3v) is 9.35. The van der Waals surface area contributed by atoms with E-state index in [-0.39, 0.29) is 40.3 Å². The molecule has 0 spiro atoms. The van der Waals surface area contributed by atoms with Crippen molar-refractivity contribution in [2.75, 3.05) is 25.3 Å². The SMILES string of the molecule is CCOP(=O)(CO[C@H]1O[C@@H](n2cnc3c(N)ncnc32)[C@@H](F)[C@@H]1[Se]c1ccccc1)OCC. The fraction of sp³-hybridized carbons (Fsp3) is 0.450. The zero-order valence-electron chi connectivity index (χ0n) is 18.1. The van der Waals surface area contributed by atoms with Gasteiger partial charge in [-0.05, 0) is 0 Å². The van der Waals surface area contributed by atoms with Crippen LogP contribution in [0.5, 0.6) is 0 Å². The molecule has 0 unspecified atom stereocenters. The second kappa shape index (κ2) is 10.6. The number of nitrogens with zero attached hydrogens (tertiary/aromatic N) is 4. The molecule has 33 heavy (non-hydrogen) atoms. The number of hydrogen-bond donors (Lipinski definition) is 1. The maximum atomic E-state index is 15.9. The van der Waals surface area contributed by atoms with Gasteiger partial charge in [0.15, 0.2) is 0 Å². The molecule has 10 nitrogen and oxygen atoms in total. The molecule has 2 aromatic heterocycles. The van der Waals surface area contributed by atoms with Gasteiger partial charge in [0.05, 0.1) is 0 Å². The molecule has 0 radical (unpaired) electrons. The van der Waals surface area contributed by atoms with Gasteiger partial charge in [0.1, 0.15) is 0 Å². The van der Waals surface area contributed by atoms with E-state index in [0.717, 1.165) is 4.46 Å². The third-order valence-electron chi connectivity index (χ3n) is 4.85. The Morgan fingerprint density at radius 1 is 1.18 bits per heavy atom. The minimum atomic E-state index is -3.50. The average molecular weight is 544 g/mol. The monoisotopic (exact) mass is 545 g/mol. The first kappa shape index (κ1) is 24.2. The second-order valence-corrected chi connectivity index (χ2v) is 11.7. The molecule has 0 amide bonds. The number of imidazole rings is 1. The van der Waals surface area contributed by atoms with Gasteiger partial charge in [-0.1, -0.05) is 0 Å².